The Morgan fingerprint density at radius 2 is 1.89 bits per heavy atom. The van der Waals surface area contributed by atoms with Crippen LogP contribution in [0.2, 0.25) is 5.02 Å². The van der Waals surface area contributed by atoms with Gasteiger partial charge in [0.25, 0.3) is 0 Å². The molecule has 0 heterocycles. The van der Waals surface area contributed by atoms with Crippen LogP contribution in [0.5, 0.6) is 0 Å². The normalized spacial score (nSPS) is 13.7. The summed E-state index contributed by atoms with van der Waals surface area (Å²) in [5.74, 6) is -3.29. The van der Waals surface area contributed by atoms with Crippen LogP contribution in [0.15, 0.2) is 24.3 Å². The summed E-state index contributed by atoms with van der Waals surface area (Å²) in [5, 5.41) is 9.60. The molecule has 0 bridgehead atoms. The number of aliphatic carboxylic acids is 1. The fourth-order valence-electron chi connectivity index (χ4n) is 1.38. The van der Waals surface area contributed by atoms with Crippen LogP contribution in [0, 0.1) is 0 Å². The molecule has 5 heteroatoms. The first-order valence-electron chi connectivity index (χ1n) is 5.64. The predicted molar refractivity (Wildman–Crippen MR) is 67.7 cm³/mol. The molecule has 1 rings (SSSR count). The molecule has 18 heavy (non-hydrogen) atoms. The second-order valence-corrected chi connectivity index (χ2v) is 4.41. The zero-order valence-corrected chi connectivity index (χ0v) is 11.0. The molecule has 0 aliphatic heterocycles. The zero-order chi connectivity index (χ0) is 13.7. The first-order valence-corrected chi connectivity index (χ1v) is 6.02. The number of hydrogen-bond acceptors (Lipinski definition) is 3. The Labute approximate surface area is 111 Å². The molecular weight excluding hydrogens is 256 g/mol. The van der Waals surface area contributed by atoms with E-state index in [-0.39, 0.29) is 6.10 Å². The molecule has 0 radical (unpaired) electrons. The van der Waals surface area contributed by atoms with Crippen molar-refractivity contribution >= 4 is 23.5 Å². The van der Waals surface area contributed by atoms with Crippen LogP contribution in [0.25, 0.3) is 0 Å². The number of benzene rings is 1. The summed E-state index contributed by atoms with van der Waals surface area (Å²) in [5.41, 5.74) is 0.361. The summed E-state index contributed by atoms with van der Waals surface area (Å²) in [7, 11) is 0. The Bertz CT molecular complexity index is 427. The van der Waals surface area contributed by atoms with E-state index in [4.69, 9.17) is 21.4 Å². The number of carbonyl (C=O) groups excluding carboxylic acids is 1. The minimum atomic E-state index is -1.31. The quantitative estimate of drug-likeness (QED) is 0.660. The number of carbonyl (C=O) groups is 2. The Balaban J connectivity index is 2.92. The molecule has 0 aliphatic rings. The van der Waals surface area contributed by atoms with Crippen LogP contribution in [0.4, 0.5) is 0 Å². The van der Waals surface area contributed by atoms with E-state index >= 15 is 0 Å². The highest BCUT2D eigenvalue weighted by Crippen LogP contribution is 2.21. The Morgan fingerprint density at radius 1 is 1.33 bits per heavy atom. The molecule has 98 valence electrons. The van der Waals surface area contributed by atoms with Crippen molar-refractivity contribution in [3.05, 3.63) is 34.9 Å². The average Bonchev–Trinajstić information content (AvgIpc) is 2.31. The molecule has 0 amide bonds. The van der Waals surface area contributed by atoms with Crippen LogP contribution in [-0.4, -0.2) is 23.1 Å². The van der Waals surface area contributed by atoms with Crippen LogP contribution >= 0.6 is 11.6 Å². The number of halogens is 1. The van der Waals surface area contributed by atoms with Gasteiger partial charge >= 0.3 is 11.9 Å². The van der Waals surface area contributed by atoms with E-state index < -0.39 is 17.9 Å². The number of rotatable bonds is 5. The summed E-state index contributed by atoms with van der Waals surface area (Å²) in [4.78, 5) is 23.0. The maximum absolute atomic E-state index is 11.8. The fraction of sp³-hybridized carbons (Fsp3) is 0.385. The summed E-state index contributed by atoms with van der Waals surface area (Å²) in [6.07, 6.45) is 0.338. The molecule has 0 aliphatic carbocycles. The predicted octanol–water partition coefficient (Wildman–Crippen LogP) is 2.85. The number of carboxylic acids is 1. The maximum Gasteiger partial charge on any atom is 0.325 e. The molecule has 1 aromatic carbocycles. The van der Waals surface area contributed by atoms with E-state index in [1.54, 1.807) is 19.1 Å². The number of esters is 1. The van der Waals surface area contributed by atoms with Gasteiger partial charge in [0, 0.05) is 5.02 Å². The smallest absolute Gasteiger partial charge is 0.325 e. The lowest BCUT2D eigenvalue weighted by atomic mass is 9.99. The van der Waals surface area contributed by atoms with Gasteiger partial charge in [-0.1, -0.05) is 30.7 Å². The van der Waals surface area contributed by atoms with E-state index in [1.807, 2.05) is 6.92 Å². The molecule has 1 aromatic rings. The number of hydrogen-bond donors (Lipinski definition) is 1. The van der Waals surface area contributed by atoms with E-state index in [0.717, 1.165) is 0 Å². The van der Waals surface area contributed by atoms with Crippen LogP contribution in [0.3, 0.4) is 0 Å². The monoisotopic (exact) mass is 270 g/mol. The summed E-state index contributed by atoms with van der Waals surface area (Å²) in [6.45, 7) is 3.58. The average molecular weight is 271 g/mol. The van der Waals surface area contributed by atoms with E-state index in [1.165, 1.54) is 12.1 Å². The second kappa shape index (κ2) is 6.40. The minimum absolute atomic E-state index is 0.299. The summed E-state index contributed by atoms with van der Waals surface area (Å²) in [6, 6.07) is 6.12. The maximum atomic E-state index is 11.8. The first-order chi connectivity index (χ1) is 8.45. The molecule has 0 spiro atoms. The van der Waals surface area contributed by atoms with Crippen molar-refractivity contribution in [2.24, 2.45) is 0 Å². The van der Waals surface area contributed by atoms with Crippen molar-refractivity contribution in [2.75, 3.05) is 0 Å². The van der Waals surface area contributed by atoms with E-state index in [9.17, 15) is 9.59 Å². The van der Waals surface area contributed by atoms with E-state index in [0.29, 0.717) is 17.0 Å². The Morgan fingerprint density at radius 3 is 2.33 bits per heavy atom. The van der Waals surface area contributed by atoms with Gasteiger partial charge in [0.2, 0.25) is 0 Å². The molecule has 1 N–H and O–H groups in total. The molecule has 0 fully saturated rings. The van der Waals surface area contributed by atoms with Crippen molar-refractivity contribution in [1.82, 2.24) is 0 Å². The van der Waals surface area contributed by atoms with Gasteiger partial charge in [0.1, 0.15) is 0 Å². The Kier molecular flexibility index (Phi) is 5.16. The highest BCUT2D eigenvalue weighted by Gasteiger charge is 2.30. The number of carboxylic acid groups (broad SMARTS) is 1. The minimum Gasteiger partial charge on any atom is -0.480 e. The third kappa shape index (κ3) is 3.74. The van der Waals surface area contributed by atoms with Gasteiger partial charge in [0.15, 0.2) is 5.92 Å². The van der Waals surface area contributed by atoms with Gasteiger partial charge in [-0.25, -0.2) is 0 Å². The standard InChI is InChI=1S/C13H15ClO4/c1-3-8(2)18-13(17)11(12(15)16)9-4-6-10(14)7-5-9/h4-8,11H,3H2,1-2H3,(H,15,16). The van der Waals surface area contributed by atoms with Crippen LogP contribution in [0.1, 0.15) is 31.7 Å². The molecule has 0 aromatic heterocycles. The van der Waals surface area contributed by atoms with Gasteiger partial charge in [-0.05, 0) is 31.0 Å². The highest BCUT2D eigenvalue weighted by atomic mass is 35.5. The second-order valence-electron chi connectivity index (χ2n) is 3.98. The van der Waals surface area contributed by atoms with Gasteiger partial charge < -0.3 is 9.84 Å². The third-order valence-corrected chi connectivity index (χ3v) is 2.83. The third-order valence-electron chi connectivity index (χ3n) is 2.58. The lowest BCUT2D eigenvalue weighted by Crippen LogP contribution is -2.26. The largest absolute Gasteiger partial charge is 0.480 e. The fourth-order valence-corrected chi connectivity index (χ4v) is 1.51. The molecule has 0 saturated heterocycles. The first kappa shape index (κ1) is 14.5. The van der Waals surface area contributed by atoms with Gasteiger partial charge in [-0.2, -0.15) is 0 Å². The summed E-state index contributed by atoms with van der Waals surface area (Å²) < 4.78 is 5.05. The SMILES string of the molecule is CCC(C)OC(=O)C(C(=O)O)c1ccc(Cl)cc1. The van der Waals surface area contributed by atoms with Crippen molar-refractivity contribution in [2.45, 2.75) is 32.3 Å². The molecular formula is C13H15ClO4. The highest BCUT2D eigenvalue weighted by molar-refractivity contribution is 6.30. The van der Waals surface area contributed by atoms with Crippen molar-refractivity contribution in [3.63, 3.8) is 0 Å². The summed E-state index contributed by atoms with van der Waals surface area (Å²) >= 11 is 5.72. The molecule has 0 saturated carbocycles. The van der Waals surface area contributed by atoms with E-state index in [2.05, 4.69) is 0 Å². The lowest BCUT2D eigenvalue weighted by Gasteiger charge is -2.16. The molecule has 4 nitrogen and oxygen atoms in total. The zero-order valence-electron chi connectivity index (χ0n) is 10.2. The van der Waals surface area contributed by atoms with Crippen LogP contribution in [-0.2, 0) is 14.3 Å². The van der Waals surface area contributed by atoms with Crippen LogP contribution < -0.4 is 0 Å². The molecule has 2 unspecified atom stereocenters. The van der Waals surface area contributed by atoms with Crippen molar-refractivity contribution in [1.29, 1.82) is 0 Å². The van der Waals surface area contributed by atoms with Gasteiger partial charge in [-0.15, -0.1) is 0 Å². The number of ether oxygens (including phenoxy) is 1. The van der Waals surface area contributed by atoms with Crippen molar-refractivity contribution in [3.8, 4) is 0 Å². The lowest BCUT2D eigenvalue weighted by molar-refractivity contribution is -0.157. The van der Waals surface area contributed by atoms with Gasteiger partial charge in [-0.3, -0.25) is 9.59 Å². The van der Waals surface area contributed by atoms with Gasteiger partial charge in [0.05, 0.1) is 6.10 Å². The topological polar surface area (TPSA) is 63.6 Å². The molecule has 2 atom stereocenters. The Hall–Kier alpha value is -1.55. The van der Waals surface area contributed by atoms with Crippen molar-refractivity contribution < 1.29 is 19.4 Å².